The van der Waals surface area contributed by atoms with Gasteiger partial charge in [0.05, 0.1) is 10.6 Å². The highest BCUT2D eigenvalue weighted by Crippen LogP contribution is 2.44. The molecule has 2 aliphatic carbocycles. The largest absolute Gasteiger partial charge is 0.352 e. The molecule has 0 radical (unpaired) electrons. The quantitative estimate of drug-likeness (QED) is 0.649. The van der Waals surface area contributed by atoms with Crippen molar-refractivity contribution in [3.63, 3.8) is 0 Å². The van der Waals surface area contributed by atoms with E-state index in [2.05, 4.69) is 5.32 Å². The van der Waals surface area contributed by atoms with Gasteiger partial charge >= 0.3 is 0 Å². The Bertz CT molecular complexity index is 1030. The maximum absolute atomic E-state index is 13.9. The van der Waals surface area contributed by atoms with Crippen molar-refractivity contribution >= 4 is 33.4 Å². The molecule has 2 fully saturated rings. The summed E-state index contributed by atoms with van der Waals surface area (Å²) >= 11 is 1.51. The summed E-state index contributed by atoms with van der Waals surface area (Å²) in [5.74, 6) is 0.232. The summed E-state index contributed by atoms with van der Waals surface area (Å²) in [7, 11) is -4.04. The van der Waals surface area contributed by atoms with Crippen LogP contribution < -0.4 is 9.62 Å². The molecule has 3 atom stereocenters. The minimum absolute atomic E-state index is 0.0669. The van der Waals surface area contributed by atoms with Crippen LogP contribution in [0.1, 0.15) is 25.7 Å². The normalized spacial score (nSPS) is 22.8. The maximum atomic E-state index is 13.9. The first-order valence-electron chi connectivity index (χ1n) is 10.1. The Morgan fingerprint density at radius 2 is 1.93 bits per heavy atom. The van der Waals surface area contributed by atoms with Gasteiger partial charge in [0, 0.05) is 10.9 Å². The summed E-state index contributed by atoms with van der Waals surface area (Å²) in [6.07, 6.45) is 6.33. The Labute approximate surface area is 181 Å². The van der Waals surface area contributed by atoms with E-state index in [1.165, 1.54) is 48.5 Å². The molecule has 1 N–H and O–H groups in total. The van der Waals surface area contributed by atoms with Crippen molar-refractivity contribution in [3.05, 3.63) is 54.3 Å². The second-order valence-electron chi connectivity index (χ2n) is 8.02. The molecule has 2 saturated carbocycles. The van der Waals surface area contributed by atoms with Gasteiger partial charge in [0.1, 0.15) is 12.4 Å². The van der Waals surface area contributed by atoms with Crippen molar-refractivity contribution < 1.29 is 17.6 Å². The van der Waals surface area contributed by atoms with Gasteiger partial charge in [-0.1, -0.05) is 12.5 Å². The van der Waals surface area contributed by atoms with E-state index in [-0.39, 0.29) is 29.1 Å². The highest BCUT2D eigenvalue weighted by molar-refractivity contribution is 7.98. The topological polar surface area (TPSA) is 66.5 Å². The van der Waals surface area contributed by atoms with Crippen LogP contribution in [-0.2, 0) is 14.8 Å². The molecule has 0 aliphatic heterocycles. The van der Waals surface area contributed by atoms with Gasteiger partial charge in [-0.3, -0.25) is 9.10 Å². The van der Waals surface area contributed by atoms with Crippen LogP contribution in [0.25, 0.3) is 0 Å². The summed E-state index contributed by atoms with van der Waals surface area (Å²) in [5, 5.41) is 3.02. The number of carbonyl (C=O) groups is 1. The smallest absolute Gasteiger partial charge is 0.264 e. The molecule has 2 aromatic rings. The van der Waals surface area contributed by atoms with Crippen molar-refractivity contribution in [2.24, 2.45) is 11.8 Å². The molecular formula is C22H25FN2O3S2. The van der Waals surface area contributed by atoms with Crippen molar-refractivity contribution in [2.45, 2.75) is 41.5 Å². The Morgan fingerprint density at radius 1 is 1.17 bits per heavy atom. The molecule has 0 spiro atoms. The first kappa shape index (κ1) is 21.2. The zero-order valence-electron chi connectivity index (χ0n) is 16.8. The number of fused-ring (bicyclic) bond motifs is 2. The third kappa shape index (κ3) is 4.34. The van der Waals surface area contributed by atoms with Crippen LogP contribution in [0.15, 0.2) is 58.3 Å². The average molecular weight is 449 g/mol. The number of amides is 1. The summed E-state index contributed by atoms with van der Waals surface area (Å²) in [6, 6.07) is 11.9. The highest BCUT2D eigenvalue weighted by Gasteiger charge is 2.40. The van der Waals surface area contributed by atoms with Crippen LogP contribution >= 0.6 is 11.8 Å². The molecular weight excluding hydrogens is 423 g/mol. The number of rotatable bonds is 7. The number of nitrogens with zero attached hydrogens (tertiary/aromatic N) is 1. The van der Waals surface area contributed by atoms with Gasteiger partial charge < -0.3 is 5.32 Å². The van der Waals surface area contributed by atoms with E-state index in [1.807, 2.05) is 6.26 Å². The second-order valence-corrected chi connectivity index (χ2v) is 10.8. The predicted molar refractivity (Wildman–Crippen MR) is 117 cm³/mol. The molecule has 2 aromatic carbocycles. The predicted octanol–water partition coefficient (Wildman–Crippen LogP) is 4.05. The van der Waals surface area contributed by atoms with E-state index in [1.54, 1.807) is 12.1 Å². The fourth-order valence-corrected chi connectivity index (χ4v) is 6.45. The zero-order chi connectivity index (χ0) is 21.3. The SMILES string of the molecule is CSc1ccc(S(=O)(=O)N(CC(=O)NC2CC3CCC2C3)c2cccc(F)c2)cc1. The van der Waals surface area contributed by atoms with E-state index in [4.69, 9.17) is 0 Å². The number of hydrogen-bond donors (Lipinski definition) is 1. The lowest BCUT2D eigenvalue weighted by Crippen LogP contribution is -2.46. The molecule has 160 valence electrons. The summed E-state index contributed by atoms with van der Waals surface area (Å²) < 4.78 is 41.6. The Hall–Kier alpha value is -2.06. The zero-order valence-corrected chi connectivity index (χ0v) is 18.4. The molecule has 3 unspecified atom stereocenters. The highest BCUT2D eigenvalue weighted by atomic mass is 32.2. The van der Waals surface area contributed by atoms with Crippen LogP contribution in [0.4, 0.5) is 10.1 Å². The van der Waals surface area contributed by atoms with Crippen LogP contribution in [0, 0.1) is 17.7 Å². The maximum Gasteiger partial charge on any atom is 0.264 e. The Kier molecular flexibility index (Phi) is 6.06. The molecule has 0 heterocycles. The standard InChI is InChI=1S/C22H25FN2O3S2/c1-29-19-7-9-20(10-8-19)30(27,28)25(18-4-2-3-17(23)13-18)14-22(26)24-21-12-15-5-6-16(21)11-15/h2-4,7-10,13,15-16,21H,5-6,11-12,14H2,1H3,(H,24,26). The third-order valence-electron chi connectivity index (χ3n) is 6.12. The molecule has 30 heavy (non-hydrogen) atoms. The minimum atomic E-state index is -4.04. The molecule has 8 heteroatoms. The summed E-state index contributed by atoms with van der Waals surface area (Å²) in [4.78, 5) is 13.8. The number of benzene rings is 2. The number of carbonyl (C=O) groups excluding carboxylic acids is 1. The first-order chi connectivity index (χ1) is 14.4. The molecule has 0 saturated heterocycles. The van der Waals surface area contributed by atoms with Crippen molar-refractivity contribution in [2.75, 3.05) is 17.1 Å². The third-order valence-corrected chi connectivity index (χ3v) is 8.65. The van der Waals surface area contributed by atoms with Gasteiger partial charge in [-0.2, -0.15) is 0 Å². The van der Waals surface area contributed by atoms with Crippen molar-refractivity contribution in [1.29, 1.82) is 0 Å². The van der Waals surface area contributed by atoms with E-state index in [0.717, 1.165) is 34.5 Å². The van der Waals surface area contributed by atoms with E-state index in [9.17, 15) is 17.6 Å². The summed E-state index contributed by atoms with van der Waals surface area (Å²) in [5.41, 5.74) is 0.132. The van der Waals surface area contributed by atoms with Crippen LogP contribution in [0.2, 0.25) is 0 Å². The van der Waals surface area contributed by atoms with Gasteiger partial charge in [-0.15, -0.1) is 11.8 Å². The van der Waals surface area contributed by atoms with E-state index >= 15 is 0 Å². The Morgan fingerprint density at radius 3 is 2.53 bits per heavy atom. The molecule has 2 aliphatic rings. The van der Waals surface area contributed by atoms with Crippen molar-refractivity contribution in [3.8, 4) is 0 Å². The van der Waals surface area contributed by atoms with E-state index < -0.39 is 15.8 Å². The minimum Gasteiger partial charge on any atom is -0.352 e. The van der Waals surface area contributed by atoms with Crippen LogP contribution in [-0.4, -0.2) is 33.2 Å². The lowest BCUT2D eigenvalue weighted by atomic mass is 9.95. The number of sulfonamides is 1. The second kappa shape index (κ2) is 8.59. The van der Waals surface area contributed by atoms with Gasteiger partial charge in [0.2, 0.25) is 5.91 Å². The number of halogens is 1. The van der Waals surface area contributed by atoms with Crippen LogP contribution in [0.5, 0.6) is 0 Å². The van der Waals surface area contributed by atoms with Gasteiger partial charge in [0.25, 0.3) is 10.0 Å². The number of nitrogens with one attached hydrogen (secondary N) is 1. The summed E-state index contributed by atoms with van der Waals surface area (Å²) in [6.45, 7) is -0.385. The van der Waals surface area contributed by atoms with Gasteiger partial charge in [-0.05, 0) is 79.8 Å². The van der Waals surface area contributed by atoms with E-state index in [0.29, 0.717) is 11.8 Å². The fourth-order valence-electron chi connectivity index (χ4n) is 4.63. The molecule has 5 nitrogen and oxygen atoms in total. The molecule has 4 rings (SSSR count). The van der Waals surface area contributed by atoms with Gasteiger partial charge in [0.15, 0.2) is 0 Å². The molecule has 2 bridgehead atoms. The van der Waals surface area contributed by atoms with Gasteiger partial charge in [-0.25, -0.2) is 12.8 Å². The molecule has 0 aromatic heterocycles. The Balaban J connectivity index is 1.59. The number of anilines is 1. The lowest BCUT2D eigenvalue weighted by Gasteiger charge is -2.27. The average Bonchev–Trinajstić information content (AvgIpc) is 3.35. The van der Waals surface area contributed by atoms with Crippen LogP contribution in [0.3, 0.4) is 0 Å². The van der Waals surface area contributed by atoms with Crippen molar-refractivity contribution in [1.82, 2.24) is 5.32 Å². The lowest BCUT2D eigenvalue weighted by molar-refractivity contribution is -0.120. The molecule has 1 amide bonds. The monoisotopic (exact) mass is 448 g/mol. The first-order valence-corrected chi connectivity index (χ1v) is 12.7. The number of hydrogen-bond acceptors (Lipinski definition) is 4. The number of thioether (sulfide) groups is 1. The fraction of sp³-hybridized carbons (Fsp3) is 0.409.